The van der Waals surface area contributed by atoms with Crippen LogP contribution in [0.25, 0.3) is 10.1 Å². The van der Waals surface area contributed by atoms with Crippen molar-refractivity contribution in [3.63, 3.8) is 0 Å². The summed E-state index contributed by atoms with van der Waals surface area (Å²) in [6.07, 6.45) is 0. The summed E-state index contributed by atoms with van der Waals surface area (Å²) in [6.45, 7) is 0. The molecule has 2 rings (SSSR count). The van der Waals surface area contributed by atoms with Crippen LogP contribution in [0.1, 0.15) is 0 Å². The van der Waals surface area contributed by atoms with Gasteiger partial charge in [0.25, 0.3) is 5.69 Å². The van der Waals surface area contributed by atoms with E-state index in [1.54, 1.807) is 0 Å². The lowest BCUT2D eigenvalue weighted by molar-refractivity contribution is -0.384. The normalized spacial score (nSPS) is 10.7. The maximum atomic E-state index is 13.1. The second-order valence-electron chi connectivity index (χ2n) is 2.63. The summed E-state index contributed by atoms with van der Waals surface area (Å²) in [7, 11) is 0. The lowest BCUT2D eigenvalue weighted by atomic mass is 10.2. The number of nitro benzene ring substituents is 1. The summed E-state index contributed by atoms with van der Waals surface area (Å²) in [5, 5.41) is 10.7. The number of non-ortho nitro benzene ring substituents is 1. The van der Waals surface area contributed by atoms with Gasteiger partial charge in [0.1, 0.15) is 0 Å². The molecule has 1 aromatic carbocycles. The van der Waals surface area contributed by atoms with Gasteiger partial charge < -0.3 is 0 Å². The maximum Gasteiger partial charge on any atom is 0.270 e. The van der Waals surface area contributed by atoms with Crippen LogP contribution in [0.5, 0.6) is 0 Å². The number of benzene rings is 1. The summed E-state index contributed by atoms with van der Waals surface area (Å²) in [4.78, 5) is 9.95. The molecule has 3 nitrogen and oxygen atoms in total. The minimum Gasteiger partial charge on any atom is -0.258 e. The van der Waals surface area contributed by atoms with Gasteiger partial charge in [-0.05, 0) is 22.0 Å². The fraction of sp³-hybridized carbons (Fsp3) is 0. The predicted octanol–water partition coefficient (Wildman–Crippen LogP) is 3.71. The molecule has 0 saturated heterocycles. The molecule has 14 heavy (non-hydrogen) atoms. The van der Waals surface area contributed by atoms with Gasteiger partial charge in [0, 0.05) is 22.2 Å². The van der Waals surface area contributed by atoms with Gasteiger partial charge in [-0.2, -0.15) is 4.39 Å². The monoisotopic (exact) mass is 275 g/mol. The van der Waals surface area contributed by atoms with Gasteiger partial charge in [-0.15, -0.1) is 11.3 Å². The molecule has 0 atom stereocenters. The second-order valence-corrected chi connectivity index (χ2v) is 4.42. The Hall–Kier alpha value is -1.01. The molecule has 6 heteroatoms. The largest absolute Gasteiger partial charge is 0.270 e. The van der Waals surface area contributed by atoms with Gasteiger partial charge >= 0.3 is 0 Å². The highest BCUT2D eigenvalue weighted by Gasteiger charge is 2.13. The van der Waals surface area contributed by atoms with E-state index in [1.807, 2.05) is 0 Å². The SMILES string of the molecule is O=[N+]([O-])c1ccc2c(Br)c(F)sc2c1. The summed E-state index contributed by atoms with van der Waals surface area (Å²) >= 11 is 3.97. The molecule has 0 saturated carbocycles. The summed E-state index contributed by atoms with van der Waals surface area (Å²) in [5.74, 6) is 0. The number of halogens is 2. The van der Waals surface area contributed by atoms with E-state index < -0.39 is 4.92 Å². The minimum absolute atomic E-state index is 0.0220. The Morgan fingerprint density at radius 1 is 1.50 bits per heavy atom. The molecule has 0 N–H and O–H groups in total. The van der Waals surface area contributed by atoms with Crippen LogP contribution in [0.4, 0.5) is 10.1 Å². The van der Waals surface area contributed by atoms with Gasteiger partial charge in [-0.3, -0.25) is 10.1 Å². The molecular weight excluding hydrogens is 273 g/mol. The number of nitrogens with zero attached hydrogens (tertiary/aromatic N) is 1. The average molecular weight is 276 g/mol. The molecule has 72 valence electrons. The Labute approximate surface area is 90.4 Å². The molecule has 1 aromatic heterocycles. The Bertz CT molecular complexity index is 525. The predicted molar refractivity (Wildman–Crippen MR) is 56.1 cm³/mol. The van der Waals surface area contributed by atoms with Crippen molar-refractivity contribution >= 4 is 43.0 Å². The van der Waals surface area contributed by atoms with Crippen molar-refractivity contribution < 1.29 is 9.31 Å². The van der Waals surface area contributed by atoms with Gasteiger partial charge in [0.2, 0.25) is 0 Å². The quantitative estimate of drug-likeness (QED) is 0.588. The van der Waals surface area contributed by atoms with Gasteiger partial charge in [0.05, 0.1) is 9.40 Å². The lowest BCUT2D eigenvalue weighted by Gasteiger charge is -1.91. The fourth-order valence-electron chi connectivity index (χ4n) is 1.14. The van der Waals surface area contributed by atoms with Crippen LogP contribution >= 0.6 is 27.3 Å². The van der Waals surface area contributed by atoms with Crippen LogP contribution < -0.4 is 0 Å². The molecule has 0 aliphatic rings. The van der Waals surface area contributed by atoms with Gasteiger partial charge in [0.15, 0.2) is 5.13 Å². The van der Waals surface area contributed by atoms with Crippen LogP contribution in [0.3, 0.4) is 0 Å². The number of hydrogen-bond donors (Lipinski definition) is 0. The van der Waals surface area contributed by atoms with Crippen LogP contribution in [-0.2, 0) is 0 Å². The summed E-state index contributed by atoms with van der Waals surface area (Å²) in [6, 6.07) is 4.27. The van der Waals surface area contributed by atoms with E-state index in [4.69, 9.17) is 0 Å². The number of nitro groups is 1. The molecular formula is C8H3BrFNO2S. The van der Waals surface area contributed by atoms with Gasteiger partial charge in [-0.1, -0.05) is 0 Å². The Balaban J connectivity index is 2.73. The standard InChI is InChI=1S/C8H3BrFNO2S/c9-7-5-2-1-4(11(12)13)3-6(5)14-8(7)10/h1-3H. The van der Waals surface area contributed by atoms with Crippen molar-refractivity contribution in [2.24, 2.45) is 0 Å². The van der Waals surface area contributed by atoms with Crippen molar-refractivity contribution in [2.45, 2.75) is 0 Å². The minimum atomic E-state index is -0.495. The molecule has 1 heterocycles. The Kier molecular flexibility index (Phi) is 2.24. The summed E-state index contributed by atoms with van der Waals surface area (Å²) in [5.41, 5.74) is -0.0220. The smallest absolute Gasteiger partial charge is 0.258 e. The molecule has 0 unspecified atom stereocenters. The first kappa shape index (κ1) is 9.54. The molecule has 0 aliphatic carbocycles. The molecule has 0 radical (unpaired) electrons. The van der Waals surface area contributed by atoms with Gasteiger partial charge in [-0.25, -0.2) is 0 Å². The Morgan fingerprint density at radius 2 is 2.21 bits per heavy atom. The van der Waals surface area contributed by atoms with Crippen molar-refractivity contribution in [1.29, 1.82) is 0 Å². The fourth-order valence-corrected chi connectivity index (χ4v) is 2.71. The third-order valence-corrected chi connectivity index (χ3v) is 3.76. The average Bonchev–Trinajstić information content (AvgIpc) is 2.42. The lowest BCUT2D eigenvalue weighted by Crippen LogP contribution is -1.85. The molecule has 0 bridgehead atoms. The van der Waals surface area contributed by atoms with E-state index in [-0.39, 0.29) is 10.8 Å². The summed E-state index contributed by atoms with van der Waals surface area (Å²) < 4.78 is 14.0. The van der Waals surface area contributed by atoms with E-state index in [0.717, 1.165) is 11.3 Å². The van der Waals surface area contributed by atoms with Crippen molar-refractivity contribution in [3.05, 3.63) is 37.9 Å². The molecule has 0 fully saturated rings. The van der Waals surface area contributed by atoms with Crippen LogP contribution in [0.2, 0.25) is 0 Å². The first-order chi connectivity index (χ1) is 6.59. The first-order valence-corrected chi connectivity index (χ1v) is 5.22. The zero-order valence-electron chi connectivity index (χ0n) is 6.66. The van der Waals surface area contributed by atoms with Crippen molar-refractivity contribution in [2.75, 3.05) is 0 Å². The highest BCUT2D eigenvalue weighted by molar-refractivity contribution is 9.10. The zero-order valence-corrected chi connectivity index (χ0v) is 9.06. The van der Waals surface area contributed by atoms with Crippen molar-refractivity contribution in [3.8, 4) is 0 Å². The van der Waals surface area contributed by atoms with Crippen molar-refractivity contribution in [1.82, 2.24) is 0 Å². The van der Waals surface area contributed by atoms with E-state index in [2.05, 4.69) is 15.9 Å². The van der Waals surface area contributed by atoms with E-state index in [1.165, 1.54) is 18.2 Å². The molecule has 0 spiro atoms. The number of fused-ring (bicyclic) bond motifs is 1. The van der Waals surface area contributed by atoms with Crippen LogP contribution in [0.15, 0.2) is 22.7 Å². The maximum absolute atomic E-state index is 13.1. The van der Waals surface area contributed by atoms with E-state index >= 15 is 0 Å². The van der Waals surface area contributed by atoms with Crippen LogP contribution in [0, 0.1) is 15.2 Å². The zero-order chi connectivity index (χ0) is 10.3. The highest BCUT2D eigenvalue weighted by Crippen LogP contribution is 2.35. The van der Waals surface area contributed by atoms with E-state index in [9.17, 15) is 14.5 Å². The van der Waals surface area contributed by atoms with Crippen LogP contribution in [-0.4, -0.2) is 4.92 Å². The number of rotatable bonds is 1. The topological polar surface area (TPSA) is 43.1 Å². The second kappa shape index (κ2) is 3.29. The number of hydrogen-bond acceptors (Lipinski definition) is 3. The Morgan fingerprint density at radius 3 is 2.86 bits per heavy atom. The first-order valence-electron chi connectivity index (χ1n) is 3.61. The molecule has 0 aliphatic heterocycles. The number of thiophene rings is 1. The third kappa shape index (κ3) is 1.40. The molecule has 0 amide bonds. The third-order valence-electron chi connectivity index (χ3n) is 1.78. The highest BCUT2D eigenvalue weighted by atomic mass is 79.9. The molecule has 2 aromatic rings. The van der Waals surface area contributed by atoms with E-state index in [0.29, 0.717) is 14.6 Å².